The minimum Gasteiger partial charge on any atom is -0.351 e. The average Bonchev–Trinajstić information content (AvgIpc) is 3.20. The van der Waals surface area contributed by atoms with Crippen LogP contribution in [0.4, 0.5) is 0 Å². The summed E-state index contributed by atoms with van der Waals surface area (Å²) in [6, 6.07) is 13.1. The standard InChI is InChI=1S/C24H26N6/c1-15(2)23-24(29-22-12-20-19(26-14-27-20)11-21(22)28-23)17-5-3-16(4-6-17)13-30-9-7-18(25)8-10-30/h3-6,11-12,14,18,29H,1,7-10,13,25H2,2H3. The van der Waals surface area contributed by atoms with Crippen LogP contribution in [0.5, 0.6) is 0 Å². The largest absolute Gasteiger partial charge is 0.351 e. The topological polar surface area (TPSA) is 83.7 Å². The van der Waals surface area contributed by atoms with Crippen LogP contribution < -0.4 is 5.73 Å². The maximum Gasteiger partial charge on any atom is 0.116 e. The van der Waals surface area contributed by atoms with Gasteiger partial charge in [-0.05, 0) is 56.1 Å². The molecule has 1 saturated heterocycles. The van der Waals surface area contributed by atoms with Gasteiger partial charge in [0.15, 0.2) is 0 Å². The Balaban J connectivity index is 1.48. The minimum absolute atomic E-state index is 0.362. The summed E-state index contributed by atoms with van der Waals surface area (Å²) in [6.07, 6.45) is 3.75. The van der Waals surface area contributed by atoms with Gasteiger partial charge in [-0.1, -0.05) is 30.8 Å². The van der Waals surface area contributed by atoms with Crippen molar-refractivity contribution in [2.45, 2.75) is 32.4 Å². The van der Waals surface area contributed by atoms with Gasteiger partial charge in [0.05, 0.1) is 33.5 Å². The molecular formula is C24H26N6. The van der Waals surface area contributed by atoms with E-state index in [9.17, 15) is 0 Å². The third kappa shape index (κ3) is 3.60. The molecule has 0 atom stereocenters. The summed E-state index contributed by atoms with van der Waals surface area (Å²) >= 11 is 0. The van der Waals surface area contributed by atoms with Gasteiger partial charge in [-0.3, -0.25) is 4.90 Å². The first kappa shape index (κ1) is 18.9. The zero-order chi connectivity index (χ0) is 20.7. The first-order valence-corrected chi connectivity index (χ1v) is 10.4. The molecule has 0 unspecified atom stereocenters. The first-order valence-electron chi connectivity index (χ1n) is 10.4. The van der Waals surface area contributed by atoms with E-state index in [1.165, 1.54) is 5.56 Å². The second-order valence-electron chi connectivity index (χ2n) is 8.28. The number of aromatic nitrogens is 4. The number of imidazole rings is 1. The van der Waals surface area contributed by atoms with E-state index in [0.29, 0.717) is 6.04 Å². The van der Waals surface area contributed by atoms with Crippen LogP contribution in [0.25, 0.3) is 38.9 Å². The smallest absolute Gasteiger partial charge is 0.116 e. The maximum absolute atomic E-state index is 6.03. The Hall–Kier alpha value is -3.09. The molecule has 5 rings (SSSR count). The van der Waals surface area contributed by atoms with Crippen molar-refractivity contribution in [1.29, 1.82) is 0 Å². The van der Waals surface area contributed by atoms with Crippen molar-refractivity contribution in [2.24, 2.45) is 5.73 Å². The van der Waals surface area contributed by atoms with Crippen molar-refractivity contribution in [2.75, 3.05) is 13.1 Å². The van der Waals surface area contributed by atoms with Crippen molar-refractivity contribution in [3.63, 3.8) is 0 Å². The molecule has 1 fully saturated rings. The molecule has 0 aliphatic carbocycles. The summed E-state index contributed by atoms with van der Waals surface area (Å²) in [5.74, 6) is 0. The Morgan fingerprint density at radius 3 is 2.50 bits per heavy atom. The molecule has 6 heteroatoms. The van der Waals surface area contributed by atoms with Gasteiger partial charge in [0, 0.05) is 18.2 Å². The van der Waals surface area contributed by atoms with Crippen LogP contribution in [0.1, 0.15) is 31.0 Å². The van der Waals surface area contributed by atoms with Gasteiger partial charge in [-0.15, -0.1) is 0 Å². The average molecular weight is 399 g/mol. The van der Waals surface area contributed by atoms with E-state index in [0.717, 1.165) is 77.1 Å². The van der Waals surface area contributed by atoms with Gasteiger partial charge in [0.25, 0.3) is 0 Å². The van der Waals surface area contributed by atoms with Crippen LogP contribution in [-0.4, -0.2) is 44.0 Å². The Morgan fingerprint density at radius 1 is 1.10 bits per heavy atom. The Labute approximate surface area is 175 Å². The van der Waals surface area contributed by atoms with E-state index < -0.39 is 0 Å². The molecule has 152 valence electrons. The molecular weight excluding hydrogens is 372 g/mol. The molecule has 1 aliphatic rings. The fourth-order valence-electron chi connectivity index (χ4n) is 4.15. The van der Waals surface area contributed by atoms with Gasteiger partial charge in [0.2, 0.25) is 0 Å². The van der Waals surface area contributed by atoms with Crippen molar-refractivity contribution in [3.8, 4) is 11.3 Å². The van der Waals surface area contributed by atoms with E-state index in [4.69, 9.17) is 10.7 Å². The first-order chi connectivity index (χ1) is 14.6. The number of rotatable bonds is 4. The number of nitrogens with one attached hydrogen (secondary N) is 1. The number of aromatic amines is 1. The zero-order valence-corrected chi connectivity index (χ0v) is 17.2. The zero-order valence-electron chi connectivity index (χ0n) is 17.2. The number of hydrogen-bond acceptors (Lipinski definition) is 5. The summed E-state index contributed by atoms with van der Waals surface area (Å²) < 4.78 is 0. The second kappa shape index (κ2) is 7.63. The van der Waals surface area contributed by atoms with Gasteiger partial charge >= 0.3 is 0 Å². The van der Waals surface area contributed by atoms with Crippen LogP contribution in [0.15, 0.2) is 49.3 Å². The van der Waals surface area contributed by atoms with Gasteiger partial charge in [-0.2, -0.15) is 0 Å². The van der Waals surface area contributed by atoms with E-state index >= 15 is 0 Å². The quantitative estimate of drug-likeness (QED) is 0.540. The van der Waals surface area contributed by atoms with Crippen molar-refractivity contribution >= 4 is 27.6 Å². The van der Waals surface area contributed by atoms with Crippen molar-refractivity contribution in [3.05, 3.63) is 60.6 Å². The van der Waals surface area contributed by atoms with Crippen LogP contribution in [-0.2, 0) is 6.54 Å². The summed E-state index contributed by atoms with van der Waals surface area (Å²) in [7, 11) is 0. The van der Waals surface area contributed by atoms with E-state index in [-0.39, 0.29) is 0 Å². The third-order valence-electron chi connectivity index (χ3n) is 5.90. The van der Waals surface area contributed by atoms with Crippen molar-refractivity contribution in [1.82, 2.24) is 24.8 Å². The molecule has 2 aromatic heterocycles. The lowest BCUT2D eigenvalue weighted by Gasteiger charge is -2.30. The van der Waals surface area contributed by atoms with Gasteiger partial charge < -0.3 is 10.7 Å². The lowest BCUT2D eigenvalue weighted by Crippen LogP contribution is -2.39. The molecule has 4 aromatic rings. The van der Waals surface area contributed by atoms with Crippen molar-refractivity contribution < 1.29 is 0 Å². The van der Waals surface area contributed by atoms with Crippen LogP contribution in [0.2, 0.25) is 0 Å². The number of likely N-dealkylation sites (tertiary alicyclic amines) is 1. The predicted octanol–water partition coefficient (Wildman–Crippen LogP) is 4.13. The second-order valence-corrected chi connectivity index (χ2v) is 8.28. The van der Waals surface area contributed by atoms with Gasteiger partial charge in [-0.25, -0.2) is 15.0 Å². The number of allylic oxidation sites excluding steroid dienone is 1. The Bertz CT molecular complexity index is 1220. The highest BCUT2D eigenvalue weighted by molar-refractivity contribution is 5.93. The maximum atomic E-state index is 6.03. The molecule has 3 N–H and O–H groups in total. The van der Waals surface area contributed by atoms with E-state index in [1.807, 2.05) is 19.1 Å². The van der Waals surface area contributed by atoms with E-state index in [1.54, 1.807) is 6.33 Å². The predicted molar refractivity (Wildman–Crippen MR) is 122 cm³/mol. The molecule has 0 amide bonds. The van der Waals surface area contributed by atoms with Crippen LogP contribution in [0.3, 0.4) is 0 Å². The number of nitrogens with zero attached hydrogens (tertiary/aromatic N) is 4. The highest BCUT2D eigenvalue weighted by Crippen LogP contribution is 2.29. The Morgan fingerprint density at radius 2 is 1.80 bits per heavy atom. The van der Waals surface area contributed by atoms with Crippen LogP contribution >= 0.6 is 0 Å². The number of H-pyrrole nitrogens is 1. The number of piperidine rings is 1. The summed E-state index contributed by atoms with van der Waals surface area (Å²) in [6.45, 7) is 9.25. The molecule has 2 aromatic carbocycles. The lowest BCUT2D eigenvalue weighted by atomic mass is 10.0. The molecule has 1 aliphatic heterocycles. The molecule has 6 nitrogen and oxygen atoms in total. The number of benzene rings is 2. The lowest BCUT2D eigenvalue weighted by molar-refractivity contribution is 0.205. The van der Waals surface area contributed by atoms with E-state index in [2.05, 4.69) is 50.7 Å². The third-order valence-corrected chi connectivity index (χ3v) is 5.90. The molecule has 0 radical (unpaired) electrons. The molecule has 30 heavy (non-hydrogen) atoms. The summed E-state index contributed by atoms with van der Waals surface area (Å²) in [5.41, 5.74) is 14.7. The SMILES string of the molecule is C=C(C)c1nc2cc3ncnc3cc2[nH]c1-c1ccc(CN2CCC(N)CC2)cc1. The minimum atomic E-state index is 0.362. The number of nitrogens with two attached hydrogens (primary N) is 1. The molecule has 0 spiro atoms. The Kier molecular flexibility index (Phi) is 4.81. The fraction of sp³-hybridized carbons (Fsp3) is 0.292. The highest BCUT2D eigenvalue weighted by Gasteiger charge is 2.16. The van der Waals surface area contributed by atoms with Crippen LogP contribution in [0, 0.1) is 0 Å². The molecule has 3 heterocycles. The fourth-order valence-corrected chi connectivity index (χ4v) is 4.15. The summed E-state index contributed by atoms with van der Waals surface area (Å²) in [5, 5.41) is 0. The number of hydrogen-bond donors (Lipinski definition) is 2. The highest BCUT2D eigenvalue weighted by atomic mass is 15.1. The normalized spacial score (nSPS) is 15.8. The van der Waals surface area contributed by atoms with Gasteiger partial charge in [0.1, 0.15) is 6.33 Å². The number of fused-ring (bicyclic) bond motifs is 2. The molecule has 0 saturated carbocycles. The monoisotopic (exact) mass is 398 g/mol. The molecule has 0 bridgehead atoms. The summed E-state index contributed by atoms with van der Waals surface area (Å²) in [4.78, 5) is 19.5.